The Morgan fingerprint density at radius 3 is 2.71 bits per heavy atom. The van der Waals surface area contributed by atoms with Gasteiger partial charge in [0.05, 0.1) is 13.7 Å². The Hall–Kier alpha value is -2.93. The van der Waals surface area contributed by atoms with E-state index in [4.69, 9.17) is 9.47 Å². The van der Waals surface area contributed by atoms with Crippen molar-refractivity contribution in [3.8, 4) is 5.75 Å². The zero-order valence-electron chi connectivity index (χ0n) is 13.5. The normalized spacial score (nSPS) is 10.1. The molecule has 1 aromatic heterocycles. The average Bonchev–Trinajstić information content (AvgIpc) is 2.62. The summed E-state index contributed by atoms with van der Waals surface area (Å²) in [6, 6.07) is 9.96. The molecule has 2 N–H and O–H groups in total. The second kappa shape index (κ2) is 8.64. The Morgan fingerprint density at radius 2 is 1.96 bits per heavy atom. The van der Waals surface area contributed by atoms with E-state index in [-0.39, 0.29) is 11.6 Å². The number of anilines is 1. The van der Waals surface area contributed by atoms with Crippen LogP contribution in [0.15, 0.2) is 42.6 Å². The molecule has 1 heterocycles. The van der Waals surface area contributed by atoms with Gasteiger partial charge in [-0.15, -0.1) is 0 Å². The molecule has 0 spiro atoms. The molecular weight excluding hydrogens is 310 g/mol. The highest BCUT2D eigenvalue weighted by Crippen LogP contribution is 2.17. The molecular formula is C17H19N3O4. The van der Waals surface area contributed by atoms with Crippen molar-refractivity contribution >= 4 is 17.5 Å². The number of amides is 2. The number of aromatic nitrogens is 1. The summed E-state index contributed by atoms with van der Waals surface area (Å²) in [5.74, 6) is -0.0632. The second-order valence-corrected chi connectivity index (χ2v) is 4.86. The van der Waals surface area contributed by atoms with Gasteiger partial charge in [0.25, 0.3) is 11.8 Å². The predicted octanol–water partition coefficient (Wildman–Crippen LogP) is 1.72. The summed E-state index contributed by atoms with van der Waals surface area (Å²) in [7, 11) is 3.10. The zero-order chi connectivity index (χ0) is 17.4. The molecule has 0 unspecified atom stereocenters. The summed E-state index contributed by atoms with van der Waals surface area (Å²) in [5.41, 5.74) is 1.09. The van der Waals surface area contributed by atoms with Crippen LogP contribution in [0.2, 0.25) is 0 Å². The molecule has 0 saturated heterocycles. The third kappa shape index (κ3) is 4.79. The first kappa shape index (κ1) is 17.4. The van der Waals surface area contributed by atoms with Crippen LogP contribution in [0.4, 0.5) is 5.69 Å². The van der Waals surface area contributed by atoms with Crippen molar-refractivity contribution in [1.29, 1.82) is 0 Å². The smallest absolute Gasteiger partial charge is 0.274 e. The number of methoxy groups -OCH3 is 2. The molecule has 2 aromatic rings. The van der Waals surface area contributed by atoms with E-state index in [1.165, 1.54) is 12.3 Å². The number of hydrogen-bond acceptors (Lipinski definition) is 5. The van der Waals surface area contributed by atoms with E-state index in [1.54, 1.807) is 44.6 Å². The molecule has 2 amide bonds. The molecule has 0 aliphatic carbocycles. The third-order valence-corrected chi connectivity index (χ3v) is 3.17. The van der Waals surface area contributed by atoms with Crippen molar-refractivity contribution < 1.29 is 19.1 Å². The van der Waals surface area contributed by atoms with Gasteiger partial charge in [-0.3, -0.25) is 14.6 Å². The van der Waals surface area contributed by atoms with Crippen molar-refractivity contribution in [1.82, 2.24) is 10.3 Å². The van der Waals surface area contributed by atoms with E-state index in [1.807, 2.05) is 0 Å². The van der Waals surface area contributed by atoms with Crippen molar-refractivity contribution in [2.45, 2.75) is 0 Å². The highest BCUT2D eigenvalue weighted by atomic mass is 16.5. The monoisotopic (exact) mass is 329 g/mol. The number of pyridine rings is 1. The lowest BCUT2D eigenvalue weighted by atomic mass is 10.2. The summed E-state index contributed by atoms with van der Waals surface area (Å²) >= 11 is 0. The zero-order valence-corrected chi connectivity index (χ0v) is 13.5. The molecule has 0 saturated carbocycles. The Morgan fingerprint density at radius 1 is 1.12 bits per heavy atom. The van der Waals surface area contributed by atoms with Crippen molar-refractivity contribution in [3.05, 3.63) is 53.9 Å². The summed E-state index contributed by atoms with van der Waals surface area (Å²) < 4.78 is 9.98. The number of hydrogen-bond donors (Lipinski definition) is 2. The van der Waals surface area contributed by atoms with E-state index in [0.29, 0.717) is 30.2 Å². The molecule has 2 rings (SSSR count). The molecule has 0 aliphatic rings. The molecule has 0 atom stereocenters. The number of benzene rings is 1. The lowest BCUT2D eigenvalue weighted by Crippen LogP contribution is -2.27. The maximum Gasteiger partial charge on any atom is 0.274 e. The van der Waals surface area contributed by atoms with Gasteiger partial charge in [-0.2, -0.15) is 0 Å². The molecule has 24 heavy (non-hydrogen) atoms. The van der Waals surface area contributed by atoms with Crippen LogP contribution in [0.25, 0.3) is 0 Å². The quantitative estimate of drug-likeness (QED) is 0.755. The summed E-state index contributed by atoms with van der Waals surface area (Å²) in [5, 5.41) is 5.41. The Balaban J connectivity index is 2.06. The van der Waals surface area contributed by atoms with E-state index in [0.717, 1.165) is 0 Å². The molecule has 126 valence electrons. The highest BCUT2D eigenvalue weighted by Gasteiger charge is 2.12. The summed E-state index contributed by atoms with van der Waals surface area (Å²) in [6.45, 7) is 0.809. The van der Waals surface area contributed by atoms with Gasteiger partial charge in [-0.25, -0.2) is 0 Å². The Bertz CT molecular complexity index is 718. The standard InChI is InChI=1S/C17H19N3O4/c1-23-9-8-19-16(21)12-6-7-18-15(10-12)17(22)20-13-4-3-5-14(11-13)24-2/h3-7,10-11H,8-9H2,1-2H3,(H,19,21)(H,20,22). The number of carbonyl (C=O) groups excluding carboxylic acids is 2. The lowest BCUT2D eigenvalue weighted by molar-refractivity contribution is 0.0937. The van der Waals surface area contributed by atoms with Crippen LogP contribution in [0.3, 0.4) is 0 Å². The molecule has 0 radical (unpaired) electrons. The van der Waals surface area contributed by atoms with Gasteiger partial charge < -0.3 is 20.1 Å². The van der Waals surface area contributed by atoms with Crippen LogP contribution in [-0.4, -0.2) is 44.2 Å². The predicted molar refractivity (Wildman–Crippen MR) is 89.4 cm³/mol. The van der Waals surface area contributed by atoms with Crippen LogP contribution in [0.1, 0.15) is 20.8 Å². The third-order valence-electron chi connectivity index (χ3n) is 3.17. The minimum Gasteiger partial charge on any atom is -0.497 e. The van der Waals surface area contributed by atoms with Crippen molar-refractivity contribution in [3.63, 3.8) is 0 Å². The van der Waals surface area contributed by atoms with E-state index in [9.17, 15) is 9.59 Å². The largest absolute Gasteiger partial charge is 0.497 e. The van der Waals surface area contributed by atoms with Gasteiger partial charge in [0.15, 0.2) is 0 Å². The maximum absolute atomic E-state index is 12.3. The van der Waals surface area contributed by atoms with Crippen LogP contribution in [0, 0.1) is 0 Å². The first-order valence-corrected chi connectivity index (χ1v) is 7.32. The summed E-state index contributed by atoms with van der Waals surface area (Å²) in [6.07, 6.45) is 1.42. The topological polar surface area (TPSA) is 89.5 Å². The molecule has 0 bridgehead atoms. The first-order chi connectivity index (χ1) is 11.6. The fourth-order valence-corrected chi connectivity index (χ4v) is 1.96. The van der Waals surface area contributed by atoms with Gasteiger partial charge in [0, 0.05) is 37.2 Å². The molecule has 0 fully saturated rings. The minimum atomic E-state index is -0.408. The minimum absolute atomic E-state index is 0.150. The molecule has 0 aliphatic heterocycles. The van der Waals surface area contributed by atoms with E-state index < -0.39 is 5.91 Å². The average molecular weight is 329 g/mol. The summed E-state index contributed by atoms with van der Waals surface area (Å²) in [4.78, 5) is 28.3. The molecule has 7 heteroatoms. The van der Waals surface area contributed by atoms with Crippen LogP contribution >= 0.6 is 0 Å². The van der Waals surface area contributed by atoms with Gasteiger partial charge in [-0.1, -0.05) is 6.07 Å². The number of nitrogens with zero attached hydrogens (tertiary/aromatic N) is 1. The molecule has 1 aromatic carbocycles. The van der Waals surface area contributed by atoms with E-state index in [2.05, 4.69) is 15.6 Å². The number of ether oxygens (including phenoxy) is 2. The lowest BCUT2D eigenvalue weighted by Gasteiger charge is -2.08. The number of carbonyl (C=O) groups is 2. The van der Waals surface area contributed by atoms with Gasteiger partial charge >= 0.3 is 0 Å². The van der Waals surface area contributed by atoms with Crippen molar-refractivity contribution in [2.75, 3.05) is 32.7 Å². The fraction of sp³-hybridized carbons (Fsp3) is 0.235. The number of rotatable bonds is 7. The van der Waals surface area contributed by atoms with Crippen LogP contribution in [0.5, 0.6) is 5.75 Å². The van der Waals surface area contributed by atoms with Crippen molar-refractivity contribution in [2.24, 2.45) is 0 Å². The maximum atomic E-state index is 12.3. The van der Waals surface area contributed by atoms with Crippen LogP contribution < -0.4 is 15.4 Å². The van der Waals surface area contributed by atoms with Gasteiger partial charge in [0.1, 0.15) is 11.4 Å². The molecule has 7 nitrogen and oxygen atoms in total. The fourth-order valence-electron chi connectivity index (χ4n) is 1.96. The highest BCUT2D eigenvalue weighted by molar-refractivity contribution is 6.04. The Labute approximate surface area is 140 Å². The van der Waals surface area contributed by atoms with Gasteiger partial charge in [-0.05, 0) is 24.3 Å². The number of nitrogens with one attached hydrogen (secondary N) is 2. The SMILES string of the molecule is COCCNC(=O)c1ccnc(C(=O)Nc2cccc(OC)c2)c1. The first-order valence-electron chi connectivity index (χ1n) is 7.32. The Kier molecular flexibility index (Phi) is 6.27. The van der Waals surface area contributed by atoms with E-state index >= 15 is 0 Å². The van der Waals surface area contributed by atoms with Gasteiger partial charge in [0.2, 0.25) is 0 Å². The van der Waals surface area contributed by atoms with Crippen LogP contribution in [-0.2, 0) is 4.74 Å². The second-order valence-electron chi connectivity index (χ2n) is 4.86.